The van der Waals surface area contributed by atoms with E-state index < -0.39 is 11.5 Å². The van der Waals surface area contributed by atoms with Crippen molar-refractivity contribution in [3.05, 3.63) is 12.2 Å². The fourth-order valence-corrected chi connectivity index (χ4v) is 0.715. The second-order valence-corrected chi connectivity index (χ2v) is 3.30. The summed E-state index contributed by atoms with van der Waals surface area (Å²) in [5, 5.41) is 8.66. The molecule has 0 heterocycles. The predicted molar refractivity (Wildman–Crippen MR) is 56.1 cm³/mol. The van der Waals surface area contributed by atoms with E-state index in [0.29, 0.717) is 18.8 Å². The summed E-state index contributed by atoms with van der Waals surface area (Å²) >= 11 is 0. The van der Waals surface area contributed by atoms with Crippen LogP contribution in [0.2, 0.25) is 0 Å². The lowest BCUT2D eigenvalue weighted by Gasteiger charge is -2.12. The van der Waals surface area contributed by atoms with Crippen LogP contribution in [0.25, 0.3) is 0 Å². The van der Waals surface area contributed by atoms with E-state index in [0.717, 1.165) is 0 Å². The number of rotatable bonds is 5. The summed E-state index contributed by atoms with van der Waals surface area (Å²) in [5.74, 6) is -0.528. The molecule has 0 saturated carbocycles. The van der Waals surface area contributed by atoms with Crippen molar-refractivity contribution in [2.24, 2.45) is 16.5 Å². The highest BCUT2D eigenvalue weighted by Gasteiger charge is 2.23. The summed E-state index contributed by atoms with van der Waals surface area (Å²) in [4.78, 5) is 14.5. The summed E-state index contributed by atoms with van der Waals surface area (Å²) in [6, 6.07) is 0. The normalized spacial score (nSPS) is 16.9. The molecule has 80 valence electrons. The Kier molecular flexibility index (Phi) is 4.86. The van der Waals surface area contributed by atoms with Gasteiger partial charge in [-0.1, -0.05) is 12.2 Å². The van der Waals surface area contributed by atoms with E-state index in [9.17, 15) is 4.79 Å². The molecule has 0 rings (SSSR count). The first kappa shape index (κ1) is 12.6. The van der Waals surface area contributed by atoms with Crippen LogP contribution in [-0.4, -0.2) is 29.0 Å². The van der Waals surface area contributed by atoms with E-state index >= 15 is 0 Å². The molecule has 0 aliphatic carbocycles. The molecular formula is C9H17N3O2. The molecule has 0 fully saturated rings. The molecule has 5 heteroatoms. The highest BCUT2D eigenvalue weighted by Crippen LogP contribution is 2.02. The first-order valence-corrected chi connectivity index (χ1v) is 4.33. The number of nitrogens with two attached hydrogens (primary N) is 2. The molecule has 0 aromatic rings. The number of amidine groups is 1. The predicted octanol–water partition coefficient (Wildman–Crippen LogP) is 0.112. The summed E-state index contributed by atoms with van der Waals surface area (Å²) in [7, 11) is 0. The second-order valence-electron chi connectivity index (χ2n) is 3.30. The average molecular weight is 199 g/mol. The maximum Gasteiger partial charge on any atom is 0.327 e. The zero-order valence-electron chi connectivity index (χ0n) is 8.53. The van der Waals surface area contributed by atoms with E-state index in [2.05, 4.69) is 4.99 Å². The second kappa shape index (κ2) is 5.39. The maximum atomic E-state index is 10.6. The average Bonchev–Trinajstić information content (AvgIpc) is 2.02. The topological polar surface area (TPSA) is 102 Å². The summed E-state index contributed by atoms with van der Waals surface area (Å²) < 4.78 is 0. The Balaban J connectivity index is 3.95. The molecule has 5 nitrogen and oxygen atoms in total. The smallest absolute Gasteiger partial charge is 0.327 e. The highest BCUT2D eigenvalue weighted by atomic mass is 16.4. The number of carbonyl (C=O) groups is 1. The number of carboxylic acids is 1. The van der Waals surface area contributed by atoms with Crippen molar-refractivity contribution in [3.8, 4) is 0 Å². The van der Waals surface area contributed by atoms with Crippen molar-refractivity contribution in [1.29, 1.82) is 0 Å². The van der Waals surface area contributed by atoms with Gasteiger partial charge in [0.05, 0.1) is 5.84 Å². The lowest BCUT2D eigenvalue weighted by molar-refractivity contribution is -0.140. The monoisotopic (exact) mass is 199 g/mol. The third-order valence-corrected chi connectivity index (χ3v) is 1.58. The van der Waals surface area contributed by atoms with Crippen LogP contribution >= 0.6 is 0 Å². The van der Waals surface area contributed by atoms with E-state index in [4.69, 9.17) is 16.6 Å². The molecule has 1 atom stereocenters. The largest absolute Gasteiger partial charge is 0.480 e. The molecule has 0 spiro atoms. The Morgan fingerprint density at radius 1 is 1.64 bits per heavy atom. The van der Waals surface area contributed by atoms with Gasteiger partial charge in [-0.3, -0.25) is 4.99 Å². The minimum absolute atomic E-state index is 0.521. The van der Waals surface area contributed by atoms with Crippen LogP contribution in [-0.2, 0) is 4.79 Å². The van der Waals surface area contributed by atoms with Gasteiger partial charge in [-0.25, -0.2) is 4.79 Å². The molecule has 0 aromatic heterocycles. The third kappa shape index (κ3) is 5.31. The minimum Gasteiger partial charge on any atom is -0.480 e. The quantitative estimate of drug-likeness (QED) is 0.253. The van der Waals surface area contributed by atoms with Crippen molar-refractivity contribution in [2.45, 2.75) is 25.8 Å². The molecule has 1 unspecified atom stereocenters. The number of aliphatic carboxylic acids is 1. The van der Waals surface area contributed by atoms with E-state index in [1.165, 1.54) is 13.0 Å². The Hall–Kier alpha value is -1.36. The zero-order chi connectivity index (χ0) is 11.2. The van der Waals surface area contributed by atoms with Crippen molar-refractivity contribution in [2.75, 3.05) is 6.54 Å². The molecule has 0 radical (unpaired) electrons. The third-order valence-electron chi connectivity index (χ3n) is 1.58. The molecule has 0 aliphatic rings. The van der Waals surface area contributed by atoms with Gasteiger partial charge >= 0.3 is 5.97 Å². The minimum atomic E-state index is -1.30. The first-order chi connectivity index (χ1) is 6.36. The fraction of sp³-hybridized carbons (Fsp3) is 0.556. The molecular weight excluding hydrogens is 182 g/mol. The van der Waals surface area contributed by atoms with Crippen LogP contribution < -0.4 is 11.5 Å². The standard InChI is InChI=1S/C9H17N3O2/c1-7(10)12-6-4-3-5-9(2,11)8(13)14/h3,5H,4,6,11H2,1-2H3,(H2,10,12)(H,13,14). The summed E-state index contributed by atoms with van der Waals surface area (Å²) in [6.45, 7) is 3.69. The van der Waals surface area contributed by atoms with Gasteiger partial charge in [0.1, 0.15) is 5.54 Å². The summed E-state index contributed by atoms with van der Waals surface area (Å²) in [5.41, 5.74) is 9.47. The van der Waals surface area contributed by atoms with Crippen molar-refractivity contribution in [3.63, 3.8) is 0 Å². The molecule has 0 bridgehead atoms. The Bertz CT molecular complexity index is 253. The van der Waals surface area contributed by atoms with Gasteiger partial charge in [0, 0.05) is 6.54 Å². The maximum absolute atomic E-state index is 10.6. The highest BCUT2D eigenvalue weighted by molar-refractivity contribution is 5.80. The van der Waals surface area contributed by atoms with Gasteiger partial charge in [0.2, 0.25) is 0 Å². The Morgan fingerprint density at radius 3 is 2.64 bits per heavy atom. The van der Waals surface area contributed by atoms with Crippen LogP contribution in [0.15, 0.2) is 17.1 Å². The number of aliphatic imine (C=N–C) groups is 1. The number of carboxylic acid groups (broad SMARTS) is 1. The number of hydrogen-bond donors (Lipinski definition) is 3. The molecule has 0 aromatic carbocycles. The molecule has 0 aliphatic heterocycles. The van der Waals surface area contributed by atoms with Gasteiger partial charge in [-0.05, 0) is 20.3 Å². The molecule has 14 heavy (non-hydrogen) atoms. The Labute approximate surface area is 83.5 Å². The van der Waals surface area contributed by atoms with E-state index in [1.807, 2.05) is 0 Å². The van der Waals surface area contributed by atoms with Crippen LogP contribution in [0.1, 0.15) is 20.3 Å². The van der Waals surface area contributed by atoms with Crippen molar-refractivity contribution < 1.29 is 9.90 Å². The first-order valence-electron chi connectivity index (χ1n) is 4.33. The van der Waals surface area contributed by atoms with Crippen LogP contribution in [0.3, 0.4) is 0 Å². The van der Waals surface area contributed by atoms with Gasteiger partial charge < -0.3 is 16.6 Å². The van der Waals surface area contributed by atoms with Gasteiger partial charge in [0.15, 0.2) is 0 Å². The Morgan fingerprint density at radius 2 is 2.21 bits per heavy atom. The van der Waals surface area contributed by atoms with Crippen LogP contribution in [0.5, 0.6) is 0 Å². The van der Waals surface area contributed by atoms with Gasteiger partial charge in [-0.15, -0.1) is 0 Å². The van der Waals surface area contributed by atoms with E-state index in [-0.39, 0.29) is 0 Å². The van der Waals surface area contributed by atoms with Crippen LogP contribution in [0, 0.1) is 0 Å². The van der Waals surface area contributed by atoms with Gasteiger partial charge in [-0.2, -0.15) is 0 Å². The fourth-order valence-electron chi connectivity index (χ4n) is 0.715. The van der Waals surface area contributed by atoms with Crippen molar-refractivity contribution in [1.82, 2.24) is 0 Å². The SMILES string of the molecule is CC(N)=NCCC=CC(C)(N)C(=O)O. The molecule has 0 saturated heterocycles. The zero-order valence-corrected chi connectivity index (χ0v) is 8.53. The van der Waals surface area contributed by atoms with Gasteiger partial charge in [0.25, 0.3) is 0 Å². The summed E-state index contributed by atoms with van der Waals surface area (Å²) in [6.07, 6.45) is 3.78. The number of hydrogen-bond acceptors (Lipinski definition) is 3. The lowest BCUT2D eigenvalue weighted by Crippen LogP contribution is -2.42. The molecule has 0 amide bonds. The lowest BCUT2D eigenvalue weighted by atomic mass is 10.0. The van der Waals surface area contributed by atoms with Crippen LogP contribution in [0.4, 0.5) is 0 Å². The molecule has 5 N–H and O–H groups in total. The van der Waals surface area contributed by atoms with Crippen molar-refractivity contribution >= 4 is 11.8 Å². The number of nitrogens with zero attached hydrogens (tertiary/aromatic N) is 1. The van der Waals surface area contributed by atoms with E-state index in [1.54, 1.807) is 13.0 Å².